The lowest BCUT2D eigenvalue weighted by molar-refractivity contribution is -0.147. The first-order valence-electron chi connectivity index (χ1n) is 14.8. The number of nitrogens with one attached hydrogen (secondary N) is 1. The first kappa shape index (κ1) is 30.3. The molecule has 222 valence electrons. The Morgan fingerprint density at radius 1 is 0.795 bits per heavy atom. The van der Waals surface area contributed by atoms with Gasteiger partial charge in [0, 0.05) is 22.6 Å². The van der Waals surface area contributed by atoms with Gasteiger partial charge in [0.1, 0.15) is 12.6 Å². The van der Waals surface area contributed by atoms with Gasteiger partial charge in [0.05, 0.1) is 13.5 Å². The molecule has 1 aliphatic rings. The van der Waals surface area contributed by atoms with Gasteiger partial charge in [0.15, 0.2) is 0 Å². The Hall–Kier alpha value is -5.15. The minimum absolute atomic E-state index is 0.0629. The average molecular weight is 586 g/mol. The number of esters is 2. The summed E-state index contributed by atoms with van der Waals surface area (Å²) in [6, 6.07) is 30.2. The highest BCUT2D eigenvalue weighted by Crippen LogP contribution is 2.44. The van der Waals surface area contributed by atoms with E-state index in [0.29, 0.717) is 5.56 Å². The number of carbonyl (C=O) groups is 3. The third-order valence-electron chi connectivity index (χ3n) is 8.03. The molecule has 0 saturated heterocycles. The molecule has 6 nitrogen and oxygen atoms in total. The number of hydrogen-bond donors (Lipinski definition) is 1. The maximum atomic E-state index is 13.1. The highest BCUT2D eigenvalue weighted by molar-refractivity contribution is 5.97. The van der Waals surface area contributed by atoms with E-state index in [-0.39, 0.29) is 18.9 Å². The van der Waals surface area contributed by atoms with Crippen LogP contribution < -0.4 is 5.32 Å². The Morgan fingerprint density at radius 3 is 1.89 bits per heavy atom. The fourth-order valence-corrected chi connectivity index (χ4v) is 5.51. The van der Waals surface area contributed by atoms with E-state index in [4.69, 9.17) is 9.47 Å². The number of ether oxygens (including phenoxy) is 2. The molecule has 4 aromatic rings. The van der Waals surface area contributed by atoms with Crippen LogP contribution in [0.3, 0.4) is 0 Å². The zero-order valence-corrected chi connectivity index (χ0v) is 25.1. The summed E-state index contributed by atoms with van der Waals surface area (Å²) in [7, 11) is 1.25. The molecule has 0 radical (unpaired) electrons. The number of carbonyl (C=O) groups excluding carboxylic acids is 3. The van der Waals surface area contributed by atoms with E-state index < -0.39 is 29.8 Å². The van der Waals surface area contributed by atoms with Gasteiger partial charge >= 0.3 is 11.9 Å². The Kier molecular flexibility index (Phi) is 9.56. The maximum absolute atomic E-state index is 13.1. The van der Waals surface area contributed by atoms with E-state index in [1.165, 1.54) is 12.7 Å². The SMILES string of the molecule is CCc1ccc(C#Cc2ccc(C(=O)N[C@H](C(=O)OC)[C@@H](C)CC(=O)OCC3c4ccccc4-c4ccccc43)cc2)cc1. The first-order valence-corrected chi connectivity index (χ1v) is 14.8. The minimum atomic E-state index is -1.03. The van der Waals surface area contributed by atoms with E-state index in [1.54, 1.807) is 31.2 Å². The van der Waals surface area contributed by atoms with Gasteiger partial charge in [0.25, 0.3) is 5.91 Å². The molecule has 0 aromatic heterocycles. The molecule has 2 atom stereocenters. The van der Waals surface area contributed by atoms with Gasteiger partial charge in [-0.05, 0) is 76.6 Å². The van der Waals surface area contributed by atoms with Gasteiger partial charge in [-0.25, -0.2) is 4.79 Å². The normalized spacial score (nSPS) is 13.0. The molecule has 0 heterocycles. The summed E-state index contributed by atoms with van der Waals surface area (Å²) < 4.78 is 10.7. The molecule has 4 aromatic carbocycles. The molecule has 1 amide bonds. The van der Waals surface area contributed by atoms with Crippen molar-refractivity contribution < 1.29 is 23.9 Å². The van der Waals surface area contributed by atoms with Gasteiger partial charge in [-0.2, -0.15) is 0 Å². The number of amides is 1. The molecule has 6 heteroatoms. The predicted octanol–water partition coefficient (Wildman–Crippen LogP) is 6.30. The fraction of sp³-hybridized carbons (Fsp3) is 0.237. The molecule has 1 N–H and O–H groups in total. The van der Waals surface area contributed by atoms with Gasteiger partial charge in [-0.15, -0.1) is 0 Å². The Labute approximate surface area is 258 Å². The van der Waals surface area contributed by atoms with Crippen LogP contribution in [0.1, 0.15) is 64.4 Å². The van der Waals surface area contributed by atoms with Gasteiger partial charge < -0.3 is 14.8 Å². The fourth-order valence-electron chi connectivity index (χ4n) is 5.51. The van der Waals surface area contributed by atoms with Crippen molar-refractivity contribution in [2.45, 2.75) is 38.6 Å². The summed E-state index contributed by atoms with van der Waals surface area (Å²) in [4.78, 5) is 38.7. The quantitative estimate of drug-likeness (QED) is 0.184. The molecule has 44 heavy (non-hydrogen) atoms. The third kappa shape index (κ3) is 6.90. The van der Waals surface area contributed by atoms with Crippen LogP contribution in [0.2, 0.25) is 0 Å². The predicted molar refractivity (Wildman–Crippen MR) is 170 cm³/mol. The second-order valence-electron chi connectivity index (χ2n) is 10.9. The Balaban J connectivity index is 1.19. The van der Waals surface area contributed by atoms with Crippen molar-refractivity contribution >= 4 is 17.8 Å². The molecular formula is C38H35NO5. The topological polar surface area (TPSA) is 81.7 Å². The average Bonchev–Trinajstić information content (AvgIpc) is 3.38. The lowest BCUT2D eigenvalue weighted by Gasteiger charge is -2.23. The van der Waals surface area contributed by atoms with E-state index in [2.05, 4.69) is 60.5 Å². The van der Waals surface area contributed by atoms with Crippen molar-refractivity contribution in [2.75, 3.05) is 13.7 Å². The van der Waals surface area contributed by atoms with Crippen LogP contribution in [-0.4, -0.2) is 37.6 Å². The van der Waals surface area contributed by atoms with Crippen LogP contribution in [0, 0.1) is 17.8 Å². The second kappa shape index (κ2) is 13.9. The Morgan fingerprint density at radius 2 is 1.34 bits per heavy atom. The van der Waals surface area contributed by atoms with Crippen molar-refractivity contribution in [1.82, 2.24) is 5.32 Å². The van der Waals surface area contributed by atoms with Crippen LogP contribution in [-0.2, 0) is 25.5 Å². The van der Waals surface area contributed by atoms with Crippen LogP contribution >= 0.6 is 0 Å². The largest absolute Gasteiger partial charge is 0.467 e. The zero-order chi connectivity index (χ0) is 31.1. The minimum Gasteiger partial charge on any atom is -0.467 e. The number of fused-ring (bicyclic) bond motifs is 3. The van der Waals surface area contributed by atoms with E-state index in [1.807, 2.05) is 36.4 Å². The van der Waals surface area contributed by atoms with Crippen molar-refractivity contribution in [1.29, 1.82) is 0 Å². The highest BCUT2D eigenvalue weighted by Gasteiger charge is 2.32. The highest BCUT2D eigenvalue weighted by atomic mass is 16.5. The summed E-state index contributed by atoms with van der Waals surface area (Å²) in [5, 5.41) is 2.74. The maximum Gasteiger partial charge on any atom is 0.328 e. The number of hydrogen-bond acceptors (Lipinski definition) is 5. The summed E-state index contributed by atoms with van der Waals surface area (Å²) in [6.45, 7) is 4.01. The number of benzene rings is 4. The summed E-state index contributed by atoms with van der Waals surface area (Å²) >= 11 is 0. The third-order valence-corrected chi connectivity index (χ3v) is 8.03. The molecule has 0 saturated carbocycles. The molecule has 0 fully saturated rings. The number of rotatable bonds is 9. The number of aryl methyl sites for hydroxylation is 1. The van der Waals surface area contributed by atoms with Crippen molar-refractivity contribution in [2.24, 2.45) is 5.92 Å². The van der Waals surface area contributed by atoms with Crippen LogP contribution in [0.5, 0.6) is 0 Å². The molecule has 0 bridgehead atoms. The summed E-state index contributed by atoms with van der Waals surface area (Å²) in [5.74, 6) is 4.08. The van der Waals surface area contributed by atoms with Crippen LogP contribution in [0.4, 0.5) is 0 Å². The summed E-state index contributed by atoms with van der Waals surface area (Å²) in [6.07, 6.45) is 0.909. The van der Waals surface area contributed by atoms with Crippen molar-refractivity contribution in [3.63, 3.8) is 0 Å². The van der Waals surface area contributed by atoms with Gasteiger partial charge in [-0.1, -0.05) is 86.4 Å². The lowest BCUT2D eigenvalue weighted by Crippen LogP contribution is -2.46. The summed E-state index contributed by atoms with van der Waals surface area (Å²) in [5.41, 5.74) is 7.83. The molecule has 0 unspecified atom stereocenters. The molecule has 5 rings (SSSR count). The van der Waals surface area contributed by atoms with E-state index in [0.717, 1.165) is 39.8 Å². The van der Waals surface area contributed by atoms with E-state index in [9.17, 15) is 14.4 Å². The lowest BCUT2D eigenvalue weighted by atomic mass is 9.97. The molecular weight excluding hydrogens is 550 g/mol. The zero-order valence-electron chi connectivity index (χ0n) is 25.1. The van der Waals surface area contributed by atoms with Crippen molar-refractivity contribution in [3.05, 3.63) is 130 Å². The van der Waals surface area contributed by atoms with E-state index >= 15 is 0 Å². The van der Waals surface area contributed by atoms with Crippen LogP contribution in [0.15, 0.2) is 97.1 Å². The smallest absolute Gasteiger partial charge is 0.328 e. The van der Waals surface area contributed by atoms with Crippen molar-refractivity contribution in [3.8, 4) is 23.0 Å². The number of methoxy groups -OCH3 is 1. The molecule has 0 aliphatic heterocycles. The first-order chi connectivity index (χ1) is 21.4. The standard InChI is InChI=1S/C38H35NO5/c1-4-26-13-15-27(16-14-26)17-18-28-19-21-29(22-20-28)37(41)39-36(38(42)43-3)25(2)23-35(40)44-24-34-32-11-7-5-9-30(32)31-10-6-8-12-33(31)34/h5-16,19-22,25,34,36H,4,23-24H2,1-3H3,(H,39,41)/t25-,36-/m0/s1. The Bertz CT molecular complexity index is 1670. The van der Waals surface area contributed by atoms with Gasteiger partial charge in [0.2, 0.25) is 0 Å². The van der Waals surface area contributed by atoms with Crippen LogP contribution in [0.25, 0.3) is 11.1 Å². The molecule has 1 aliphatic carbocycles. The molecule has 0 spiro atoms. The monoisotopic (exact) mass is 585 g/mol. The second-order valence-corrected chi connectivity index (χ2v) is 10.9. The van der Waals surface area contributed by atoms with Gasteiger partial charge in [-0.3, -0.25) is 9.59 Å².